The maximum Gasteiger partial charge on any atom is 0.158 e. The molecule has 1 aliphatic heterocycles. The first kappa shape index (κ1) is 5.71. The van der Waals surface area contributed by atoms with Crippen molar-refractivity contribution < 1.29 is 8.42 Å². The van der Waals surface area contributed by atoms with Crippen molar-refractivity contribution >= 4 is 9.84 Å². The molecule has 1 aliphatic carbocycles. The SMILES string of the molecule is O=S1(=O)C2CCCCC21. The Morgan fingerprint density at radius 3 is 1.78 bits per heavy atom. The predicted molar refractivity (Wildman–Crippen MR) is 35.0 cm³/mol. The van der Waals surface area contributed by atoms with Crippen molar-refractivity contribution in [3.8, 4) is 0 Å². The molecule has 52 valence electrons. The van der Waals surface area contributed by atoms with Crippen LogP contribution in [0, 0.1) is 0 Å². The third kappa shape index (κ3) is 0.641. The molecule has 0 aromatic heterocycles. The van der Waals surface area contributed by atoms with Crippen LogP contribution < -0.4 is 0 Å². The first-order valence-corrected chi connectivity index (χ1v) is 5.06. The summed E-state index contributed by atoms with van der Waals surface area (Å²) in [5, 5.41) is 0.178. The number of sulfone groups is 1. The molecule has 2 unspecified atom stereocenters. The lowest BCUT2D eigenvalue weighted by atomic mass is 10.0. The van der Waals surface area contributed by atoms with E-state index in [1.54, 1.807) is 0 Å². The zero-order chi connectivity index (χ0) is 6.48. The zero-order valence-corrected chi connectivity index (χ0v) is 6.02. The van der Waals surface area contributed by atoms with E-state index in [2.05, 4.69) is 0 Å². The summed E-state index contributed by atoms with van der Waals surface area (Å²) in [6.07, 6.45) is 4.13. The van der Waals surface area contributed by atoms with Crippen LogP contribution in [0.3, 0.4) is 0 Å². The molecule has 1 saturated carbocycles. The molecule has 3 heteroatoms. The average Bonchev–Trinajstić information content (AvgIpc) is 2.39. The second-order valence-electron chi connectivity index (χ2n) is 2.95. The van der Waals surface area contributed by atoms with E-state index in [9.17, 15) is 8.42 Å². The molecule has 0 amide bonds. The Morgan fingerprint density at radius 2 is 1.44 bits per heavy atom. The molecule has 2 rings (SSSR count). The van der Waals surface area contributed by atoms with Gasteiger partial charge in [-0.15, -0.1) is 0 Å². The first-order chi connectivity index (χ1) is 4.23. The minimum Gasteiger partial charge on any atom is -0.228 e. The van der Waals surface area contributed by atoms with Gasteiger partial charge in [0.25, 0.3) is 0 Å². The molecule has 9 heavy (non-hydrogen) atoms. The second-order valence-corrected chi connectivity index (χ2v) is 5.34. The molecule has 0 N–H and O–H groups in total. The zero-order valence-electron chi connectivity index (χ0n) is 5.21. The molecule has 2 aliphatic rings. The maximum absolute atomic E-state index is 10.9. The summed E-state index contributed by atoms with van der Waals surface area (Å²) in [4.78, 5) is 0. The van der Waals surface area contributed by atoms with Gasteiger partial charge in [0, 0.05) is 0 Å². The van der Waals surface area contributed by atoms with Crippen LogP contribution in [0.25, 0.3) is 0 Å². The van der Waals surface area contributed by atoms with Gasteiger partial charge in [0.1, 0.15) is 0 Å². The summed E-state index contributed by atoms with van der Waals surface area (Å²) in [5.41, 5.74) is 0. The number of fused-ring (bicyclic) bond motifs is 1. The summed E-state index contributed by atoms with van der Waals surface area (Å²) in [6, 6.07) is 0. The monoisotopic (exact) mass is 146 g/mol. The standard InChI is InChI=1S/C6H10O2S/c7-9(8)5-3-1-2-4-6(5)9/h5-6H,1-4H2. The van der Waals surface area contributed by atoms with E-state index in [-0.39, 0.29) is 10.5 Å². The Morgan fingerprint density at radius 1 is 1.00 bits per heavy atom. The minimum absolute atomic E-state index is 0.0891. The molecule has 0 aromatic carbocycles. The van der Waals surface area contributed by atoms with Crippen molar-refractivity contribution in [3.63, 3.8) is 0 Å². The van der Waals surface area contributed by atoms with E-state index in [1.165, 1.54) is 0 Å². The summed E-state index contributed by atoms with van der Waals surface area (Å²) in [6.45, 7) is 0. The first-order valence-electron chi connectivity index (χ1n) is 3.45. The van der Waals surface area contributed by atoms with Gasteiger partial charge in [-0.1, -0.05) is 12.8 Å². The van der Waals surface area contributed by atoms with Crippen LogP contribution in [0.15, 0.2) is 0 Å². The van der Waals surface area contributed by atoms with Gasteiger partial charge in [0.2, 0.25) is 0 Å². The molecular weight excluding hydrogens is 136 g/mol. The minimum atomic E-state index is -2.54. The van der Waals surface area contributed by atoms with Crippen LogP contribution in [0.1, 0.15) is 25.7 Å². The second kappa shape index (κ2) is 1.51. The Hall–Kier alpha value is -0.0500. The van der Waals surface area contributed by atoms with Crippen LogP contribution in [-0.4, -0.2) is 18.9 Å². The molecule has 0 radical (unpaired) electrons. The fourth-order valence-electron chi connectivity index (χ4n) is 1.77. The van der Waals surface area contributed by atoms with E-state index in [0.717, 1.165) is 25.7 Å². The van der Waals surface area contributed by atoms with Gasteiger partial charge in [-0.25, -0.2) is 8.42 Å². The van der Waals surface area contributed by atoms with Gasteiger partial charge in [-0.2, -0.15) is 0 Å². The van der Waals surface area contributed by atoms with Crippen molar-refractivity contribution in [1.29, 1.82) is 0 Å². The van der Waals surface area contributed by atoms with Gasteiger partial charge >= 0.3 is 0 Å². The van der Waals surface area contributed by atoms with Crippen LogP contribution in [0.2, 0.25) is 0 Å². The lowest BCUT2D eigenvalue weighted by Gasteiger charge is -2.00. The van der Waals surface area contributed by atoms with Crippen molar-refractivity contribution in [2.75, 3.05) is 0 Å². The van der Waals surface area contributed by atoms with E-state index in [4.69, 9.17) is 0 Å². The van der Waals surface area contributed by atoms with Gasteiger partial charge in [-0.3, -0.25) is 0 Å². The third-order valence-electron chi connectivity index (χ3n) is 2.41. The molecule has 0 spiro atoms. The summed E-state index contributed by atoms with van der Waals surface area (Å²) < 4.78 is 21.8. The fraction of sp³-hybridized carbons (Fsp3) is 1.00. The van der Waals surface area contributed by atoms with Crippen molar-refractivity contribution in [1.82, 2.24) is 0 Å². The lowest BCUT2D eigenvalue weighted by Crippen LogP contribution is -2.00. The van der Waals surface area contributed by atoms with Crippen molar-refractivity contribution in [2.24, 2.45) is 0 Å². The van der Waals surface area contributed by atoms with Crippen molar-refractivity contribution in [3.05, 3.63) is 0 Å². The summed E-state index contributed by atoms with van der Waals surface area (Å²) in [7, 11) is -2.54. The maximum atomic E-state index is 10.9. The topological polar surface area (TPSA) is 34.1 Å². The van der Waals surface area contributed by atoms with Gasteiger partial charge in [-0.05, 0) is 12.8 Å². The predicted octanol–water partition coefficient (Wildman–Crippen LogP) is 0.726. The van der Waals surface area contributed by atoms with Crippen LogP contribution >= 0.6 is 0 Å². The normalized spacial score (nSPS) is 45.8. The summed E-state index contributed by atoms with van der Waals surface area (Å²) in [5.74, 6) is 0. The Labute approximate surface area is 55.2 Å². The molecule has 1 heterocycles. The highest BCUT2D eigenvalue weighted by molar-refractivity contribution is 8.00. The van der Waals surface area contributed by atoms with Gasteiger partial charge < -0.3 is 0 Å². The highest BCUT2D eigenvalue weighted by Crippen LogP contribution is 2.43. The average molecular weight is 146 g/mol. The highest BCUT2D eigenvalue weighted by atomic mass is 32.2. The van der Waals surface area contributed by atoms with E-state index in [1.807, 2.05) is 0 Å². The highest BCUT2D eigenvalue weighted by Gasteiger charge is 2.57. The van der Waals surface area contributed by atoms with Gasteiger partial charge in [0.05, 0.1) is 10.5 Å². The largest absolute Gasteiger partial charge is 0.228 e. The lowest BCUT2D eigenvalue weighted by molar-refractivity contribution is 0.571. The van der Waals surface area contributed by atoms with E-state index >= 15 is 0 Å². The van der Waals surface area contributed by atoms with E-state index < -0.39 is 9.84 Å². The fourth-order valence-corrected chi connectivity index (χ4v) is 4.07. The molecule has 2 fully saturated rings. The number of rotatable bonds is 0. The number of hydrogen-bond acceptors (Lipinski definition) is 2. The van der Waals surface area contributed by atoms with Crippen LogP contribution in [-0.2, 0) is 9.84 Å². The molecular formula is C6H10O2S. The third-order valence-corrected chi connectivity index (χ3v) is 4.91. The Bertz CT molecular complexity index is 199. The molecule has 2 atom stereocenters. The Kier molecular flexibility index (Phi) is 0.958. The Balaban J connectivity index is 2.24. The van der Waals surface area contributed by atoms with Crippen LogP contribution in [0.5, 0.6) is 0 Å². The smallest absolute Gasteiger partial charge is 0.158 e. The molecule has 0 bridgehead atoms. The van der Waals surface area contributed by atoms with E-state index in [0.29, 0.717) is 0 Å². The number of hydrogen-bond donors (Lipinski definition) is 0. The van der Waals surface area contributed by atoms with Crippen molar-refractivity contribution in [2.45, 2.75) is 36.2 Å². The molecule has 0 aromatic rings. The summed E-state index contributed by atoms with van der Waals surface area (Å²) >= 11 is 0. The quantitative estimate of drug-likeness (QED) is 0.472. The van der Waals surface area contributed by atoms with Gasteiger partial charge in [0.15, 0.2) is 9.84 Å². The molecule has 1 saturated heterocycles. The molecule has 2 nitrogen and oxygen atoms in total. The van der Waals surface area contributed by atoms with Crippen LogP contribution in [0.4, 0.5) is 0 Å².